The van der Waals surface area contributed by atoms with Crippen LogP contribution >= 0.6 is 0 Å². The molecule has 39 heavy (non-hydrogen) atoms. The lowest BCUT2D eigenvalue weighted by molar-refractivity contribution is -0.130. The molecule has 2 atom stereocenters. The van der Waals surface area contributed by atoms with Crippen LogP contribution in [0.5, 0.6) is 0 Å². The lowest BCUT2D eigenvalue weighted by Crippen LogP contribution is -2.66. The van der Waals surface area contributed by atoms with Crippen LogP contribution in [0.3, 0.4) is 0 Å². The second kappa shape index (κ2) is 12.1. The summed E-state index contributed by atoms with van der Waals surface area (Å²) in [7, 11) is -2.67. The Morgan fingerprint density at radius 3 is 1.97 bits per heavy atom. The van der Waals surface area contributed by atoms with Crippen molar-refractivity contribution in [3.05, 3.63) is 109 Å². The first-order valence-electron chi connectivity index (χ1n) is 13.6. The molecule has 3 aromatic rings. The second-order valence-corrected chi connectivity index (χ2v) is 15.8. The van der Waals surface area contributed by atoms with Crippen molar-refractivity contribution in [2.24, 2.45) is 5.92 Å². The van der Waals surface area contributed by atoms with Gasteiger partial charge in [-0.25, -0.2) is 9.69 Å². The maximum Gasteiger partial charge on any atom is 0.417 e. The maximum absolute atomic E-state index is 13.2. The molecular weight excluding hydrogens is 502 g/mol. The molecule has 5 nitrogen and oxygen atoms in total. The number of hydrogen-bond donors (Lipinski definition) is 0. The minimum atomic E-state index is -2.67. The number of nitrogens with zero attached hydrogens (tertiary/aromatic N) is 1. The normalized spacial score (nSPS) is 16.6. The van der Waals surface area contributed by atoms with Crippen molar-refractivity contribution in [1.82, 2.24) is 4.90 Å². The van der Waals surface area contributed by atoms with E-state index in [1.165, 1.54) is 15.3 Å². The van der Waals surface area contributed by atoms with Crippen LogP contribution in [0.1, 0.15) is 52.1 Å². The zero-order valence-corrected chi connectivity index (χ0v) is 24.4. The zero-order chi connectivity index (χ0) is 28.0. The lowest BCUT2D eigenvalue weighted by Gasteiger charge is -2.43. The van der Waals surface area contributed by atoms with Crippen LogP contribution in [0.15, 0.2) is 103 Å². The van der Waals surface area contributed by atoms with Crippen molar-refractivity contribution in [3.63, 3.8) is 0 Å². The van der Waals surface area contributed by atoms with Crippen molar-refractivity contribution in [1.29, 1.82) is 0 Å². The highest BCUT2D eigenvalue weighted by Gasteiger charge is 2.50. The molecule has 1 saturated heterocycles. The van der Waals surface area contributed by atoms with Gasteiger partial charge in [-0.2, -0.15) is 0 Å². The van der Waals surface area contributed by atoms with E-state index in [1.807, 2.05) is 49.4 Å². The molecule has 0 spiro atoms. The highest BCUT2D eigenvalue weighted by Crippen LogP contribution is 2.37. The molecule has 0 N–H and O–H groups in total. The summed E-state index contributed by atoms with van der Waals surface area (Å²) in [5.74, 6) is -0.225. The number of hydrogen-bond acceptors (Lipinski definition) is 4. The molecule has 0 radical (unpaired) electrons. The summed E-state index contributed by atoms with van der Waals surface area (Å²) in [5.41, 5.74) is 1.83. The summed E-state index contributed by atoms with van der Waals surface area (Å²) < 4.78 is 12.2. The van der Waals surface area contributed by atoms with E-state index in [9.17, 15) is 9.59 Å². The standard InChI is InChI=1S/C33H39NO4Si/c1-25(22-31(35)34-30(24-37-32(34)36)27-15-9-6-10-16-27)21-26(2)23-38-39(33(3,4)5,28-17-11-7-12-18-28)29-19-13-8-14-20-29/h6-20,25,30H,2,21-24H2,1,3-5H3/t25-,30+/m0/s1. The van der Waals surface area contributed by atoms with E-state index >= 15 is 0 Å². The van der Waals surface area contributed by atoms with Crippen LogP contribution in [-0.4, -0.2) is 38.4 Å². The fourth-order valence-electron chi connectivity index (χ4n) is 5.61. The van der Waals surface area contributed by atoms with Crippen molar-refractivity contribution < 1.29 is 18.8 Å². The molecule has 1 aliphatic rings. The van der Waals surface area contributed by atoms with Crippen molar-refractivity contribution in [2.45, 2.75) is 51.6 Å². The van der Waals surface area contributed by atoms with E-state index in [0.717, 1.165) is 11.1 Å². The Labute approximate surface area is 233 Å². The van der Waals surface area contributed by atoms with Crippen LogP contribution in [0.4, 0.5) is 4.79 Å². The Morgan fingerprint density at radius 1 is 0.949 bits per heavy atom. The first kappa shape index (κ1) is 28.5. The monoisotopic (exact) mass is 541 g/mol. The van der Waals surface area contributed by atoms with Gasteiger partial charge in [0, 0.05) is 6.42 Å². The van der Waals surface area contributed by atoms with E-state index in [1.54, 1.807) is 0 Å². The van der Waals surface area contributed by atoms with Crippen LogP contribution in [0.25, 0.3) is 0 Å². The third kappa shape index (κ3) is 6.23. The highest BCUT2D eigenvalue weighted by atomic mass is 28.4. The first-order valence-corrected chi connectivity index (χ1v) is 15.5. The average molecular weight is 542 g/mol. The Hall–Kier alpha value is -3.48. The molecule has 1 aliphatic heterocycles. The predicted octanol–water partition coefficient (Wildman–Crippen LogP) is 6.26. The van der Waals surface area contributed by atoms with Gasteiger partial charge >= 0.3 is 6.09 Å². The molecule has 3 aromatic carbocycles. The van der Waals surface area contributed by atoms with Crippen molar-refractivity contribution in [3.8, 4) is 0 Å². The summed E-state index contributed by atoms with van der Waals surface area (Å²) in [4.78, 5) is 26.9. The molecule has 4 rings (SSSR count). The van der Waals surface area contributed by atoms with E-state index in [-0.39, 0.29) is 35.9 Å². The van der Waals surface area contributed by atoms with Gasteiger partial charge in [0.1, 0.15) is 12.6 Å². The Bertz CT molecular complexity index is 1230. The van der Waals surface area contributed by atoms with Gasteiger partial charge in [-0.3, -0.25) is 4.79 Å². The Morgan fingerprint density at radius 2 is 1.46 bits per heavy atom. The number of carbonyl (C=O) groups is 2. The summed E-state index contributed by atoms with van der Waals surface area (Å²) >= 11 is 0. The second-order valence-electron chi connectivity index (χ2n) is 11.5. The quantitative estimate of drug-likeness (QED) is 0.225. The molecule has 0 saturated carbocycles. The molecule has 1 fully saturated rings. The molecule has 0 aromatic heterocycles. The number of benzene rings is 3. The molecule has 204 valence electrons. The molecule has 1 heterocycles. The van der Waals surface area contributed by atoms with Gasteiger partial charge < -0.3 is 9.16 Å². The number of amides is 2. The number of cyclic esters (lactones) is 1. The predicted molar refractivity (Wildman–Crippen MR) is 158 cm³/mol. The van der Waals surface area contributed by atoms with Crippen LogP contribution < -0.4 is 10.4 Å². The van der Waals surface area contributed by atoms with Crippen molar-refractivity contribution in [2.75, 3.05) is 13.2 Å². The number of carbonyl (C=O) groups excluding carboxylic acids is 2. The van der Waals surface area contributed by atoms with Crippen molar-refractivity contribution >= 4 is 30.7 Å². The fourth-order valence-corrected chi connectivity index (χ4v) is 10.2. The van der Waals surface area contributed by atoms with E-state index in [2.05, 4.69) is 75.9 Å². The summed E-state index contributed by atoms with van der Waals surface area (Å²) in [6, 6.07) is 30.2. The summed E-state index contributed by atoms with van der Waals surface area (Å²) in [5, 5.41) is 2.32. The minimum absolute atomic E-state index is 0.00224. The van der Waals surface area contributed by atoms with E-state index < -0.39 is 14.4 Å². The average Bonchev–Trinajstić information content (AvgIpc) is 3.31. The number of ether oxygens (including phenoxy) is 1. The third-order valence-corrected chi connectivity index (χ3v) is 12.4. The molecule has 0 bridgehead atoms. The largest absolute Gasteiger partial charge is 0.446 e. The smallest absolute Gasteiger partial charge is 0.417 e. The topological polar surface area (TPSA) is 55.8 Å². The van der Waals surface area contributed by atoms with E-state index in [4.69, 9.17) is 9.16 Å². The summed E-state index contributed by atoms with van der Waals surface area (Å²) in [6.07, 6.45) is 0.286. The first-order chi connectivity index (χ1) is 18.6. The van der Waals surface area contributed by atoms with Gasteiger partial charge in [-0.1, -0.05) is 131 Å². The SMILES string of the molecule is C=C(CO[Si](c1ccccc1)(c1ccccc1)C(C)(C)C)C[C@H](C)CC(=O)N1C(=O)OC[C@@H]1c1ccccc1. The number of imide groups is 1. The van der Waals surface area contributed by atoms with E-state index in [0.29, 0.717) is 13.0 Å². The van der Waals surface area contributed by atoms with Gasteiger partial charge in [-0.15, -0.1) is 0 Å². The van der Waals surface area contributed by atoms with Crippen LogP contribution in [0.2, 0.25) is 5.04 Å². The lowest BCUT2D eigenvalue weighted by atomic mass is 9.98. The summed E-state index contributed by atoms with van der Waals surface area (Å²) in [6.45, 7) is 13.7. The fraction of sp³-hybridized carbons (Fsp3) is 0.333. The Balaban J connectivity index is 1.46. The van der Waals surface area contributed by atoms with Gasteiger partial charge in [0.25, 0.3) is 8.32 Å². The Kier molecular flexibility index (Phi) is 8.88. The molecular formula is C33H39NO4Si. The highest BCUT2D eigenvalue weighted by molar-refractivity contribution is 6.99. The van der Waals surface area contributed by atoms with Gasteiger partial charge in [0.05, 0.1) is 6.61 Å². The van der Waals surface area contributed by atoms with Gasteiger partial charge in [0.15, 0.2) is 0 Å². The van der Waals surface area contributed by atoms with Gasteiger partial charge in [-0.05, 0) is 33.3 Å². The van der Waals surface area contributed by atoms with Gasteiger partial charge in [0.2, 0.25) is 5.91 Å². The molecule has 6 heteroatoms. The minimum Gasteiger partial charge on any atom is -0.446 e. The molecule has 0 unspecified atom stereocenters. The van der Waals surface area contributed by atoms with Crippen LogP contribution in [0, 0.1) is 5.92 Å². The maximum atomic E-state index is 13.2. The van der Waals surface area contributed by atoms with Crippen LogP contribution in [-0.2, 0) is 14.0 Å². The zero-order valence-electron chi connectivity index (χ0n) is 23.4. The number of rotatable bonds is 10. The molecule has 2 amide bonds. The molecule has 0 aliphatic carbocycles. The third-order valence-electron chi connectivity index (χ3n) is 7.40.